The zero-order valence-electron chi connectivity index (χ0n) is 6.08. The van der Waals surface area contributed by atoms with E-state index in [1.165, 1.54) is 0 Å². The minimum absolute atomic E-state index is 0.346. The molecule has 0 saturated carbocycles. The van der Waals surface area contributed by atoms with Crippen molar-refractivity contribution >= 4 is 0 Å². The number of hydrogen-bond donors (Lipinski definition) is 1. The first-order valence-electron chi connectivity index (χ1n) is 3.68. The van der Waals surface area contributed by atoms with Gasteiger partial charge in [-0.05, 0) is 13.0 Å². The Morgan fingerprint density at radius 3 is 3.00 bits per heavy atom. The second kappa shape index (κ2) is 3.55. The van der Waals surface area contributed by atoms with E-state index in [2.05, 4.69) is 11.0 Å². The molecule has 0 unspecified atom stereocenters. The van der Waals surface area contributed by atoms with E-state index in [0.717, 1.165) is 26.1 Å². The predicted molar refractivity (Wildman–Crippen MR) is 39.3 cm³/mol. The molecule has 0 spiro atoms. The number of nitrogens with two attached hydrogens (primary N) is 1. The summed E-state index contributed by atoms with van der Waals surface area (Å²) in [5.74, 6) is 0. The lowest BCUT2D eigenvalue weighted by Gasteiger charge is -2.11. The SMILES string of the molecule is N#CCCN1CC[C@@H](N)C1. The van der Waals surface area contributed by atoms with Crippen LogP contribution in [-0.2, 0) is 0 Å². The largest absolute Gasteiger partial charge is 0.326 e. The summed E-state index contributed by atoms with van der Waals surface area (Å²) in [6.07, 6.45) is 1.72. The molecule has 2 N–H and O–H groups in total. The maximum absolute atomic E-state index is 8.28. The predicted octanol–water partition coefficient (Wildman–Crippen LogP) is -0.0669. The fraction of sp³-hybridized carbons (Fsp3) is 0.857. The van der Waals surface area contributed by atoms with Crippen molar-refractivity contribution in [1.29, 1.82) is 5.26 Å². The highest BCUT2D eigenvalue weighted by Gasteiger charge is 2.17. The molecule has 0 bridgehead atoms. The molecule has 0 aromatic heterocycles. The number of nitrogens with zero attached hydrogens (tertiary/aromatic N) is 2. The van der Waals surface area contributed by atoms with Crippen molar-refractivity contribution in [1.82, 2.24) is 4.90 Å². The summed E-state index contributed by atoms with van der Waals surface area (Å²) in [4.78, 5) is 2.24. The molecule has 0 amide bonds. The molecule has 0 aromatic rings. The van der Waals surface area contributed by atoms with Gasteiger partial charge in [0.2, 0.25) is 0 Å². The van der Waals surface area contributed by atoms with E-state index in [0.29, 0.717) is 12.5 Å². The van der Waals surface area contributed by atoms with E-state index in [9.17, 15) is 0 Å². The Balaban J connectivity index is 2.14. The van der Waals surface area contributed by atoms with Gasteiger partial charge in [0.25, 0.3) is 0 Å². The maximum Gasteiger partial charge on any atom is 0.0635 e. The molecule has 0 aromatic carbocycles. The van der Waals surface area contributed by atoms with Crippen LogP contribution in [0.25, 0.3) is 0 Å². The molecule has 1 rings (SSSR count). The number of nitriles is 1. The third-order valence-electron chi connectivity index (χ3n) is 1.85. The minimum atomic E-state index is 0.346. The van der Waals surface area contributed by atoms with Crippen molar-refractivity contribution in [2.45, 2.75) is 18.9 Å². The van der Waals surface area contributed by atoms with E-state index >= 15 is 0 Å². The standard InChI is InChI=1S/C7H13N3/c8-3-1-4-10-5-2-7(9)6-10/h7H,1-2,4-6,9H2/t7-/m1/s1. The van der Waals surface area contributed by atoms with Gasteiger partial charge in [-0.25, -0.2) is 0 Å². The zero-order valence-corrected chi connectivity index (χ0v) is 6.08. The first-order chi connectivity index (χ1) is 4.83. The Labute approximate surface area is 61.4 Å². The molecule has 1 aliphatic heterocycles. The first kappa shape index (κ1) is 7.52. The van der Waals surface area contributed by atoms with Gasteiger partial charge in [0.05, 0.1) is 6.07 Å². The van der Waals surface area contributed by atoms with Crippen LogP contribution in [0.1, 0.15) is 12.8 Å². The lowest BCUT2D eigenvalue weighted by atomic mass is 10.3. The van der Waals surface area contributed by atoms with Gasteiger partial charge in [-0.15, -0.1) is 0 Å². The highest BCUT2D eigenvalue weighted by Crippen LogP contribution is 2.06. The molecule has 1 aliphatic rings. The van der Waals surface area contributed by atoms with Gasteiger partial charge in [0.1, 0.15) is 0 Å². The Bertz CT molecular complexity index is 138. The highest BCUT2D eigenvalue weighted by atomic mass is 15.2. The van der Waals surface area contributed by atoms with Crippen LogP contribution in [0.5, 0.6) is 0 Å². The molecule has 10 heavy (non-hydrogen) atoms. The van der Waals surface area contributed by atoms with Gasteiger partial charge >= 0.3 is 0 Å². The second-order valence-corrected chi connectivity index (χ2v) is 2.76. The van der Waals surface area contributed by atoms with Crippen LogP contribution >= 0.6 is 0 Å². The van der Waals surface area contributed by atoms with Crippen molar-refractivity contribution in [3.8, 4) is 6.07 Å². The van der Waals surface area contributed by atoms with Gasteiger partial charge < -0.3 is 10.6 Å². The molecular weight excluding hydrogens is 126 g/mol. The molecular formula is C7H13N3. The summed E-state index contributed by atoms with van der Waals surface area (Å²) in [5, 5.41) is 8.28. The molecule has 1 saturated heterocycles. The Kier molecular flexibility index (Phi) is 2.67. The highest BCUT2D eigenvalue weighted by molar-refractivity contribution is 4.80. The van der Waals surface area contributed by atoms with E-state index in [4.69, 9.17) is 11.0 Å². The van der Waals surface area contributed by atoms with Crippen molar-refractivity contribution in [2.24, 2.45) is 5.73 Å². The summed E-state index contributed by atoms with van der Waals surface area (Å²) >= 11 is 0. The third-order valence-corrected chi connectivity index (χ3v) is 1.85. The van der Waals surface area contributed by atoms with E-state index < -0.39 is 0 Å². The molecule has 0 radical (unpaired) electrons. The summed E-state index contributed by atoms with van der Waals surface area (Å²) < 4.78 is 0. The molecule has 1 atom stereocenters. The van der Waals surface area contributed by atoms with E-state index in [1.807, 2.05) is 0 Å². The smallest absolute Gasteiger partial charge is 0.0635 e. The molecule has 56 valence electrons. The average molecular weight is 139 g/mol. The number of hydrogen-bond acceptors (Lipinski definition) is 3. The lowest BCUT2D eigenvalue weighted by Crippen LogP contribution is -2.27. The first-order valence-corrected chi connectivity index (χ1v) is 3.68. The van der Waals surface area contributed by atoms with Crippen molar-refractivity contribution in [3.05, 3.63) is 0 Å². The Hall–Kier alpha value is -0.590. The second-order valence-electron chi connectivity index (χ2n) is 2.76. The number of rotatable bonds is 2. The van der Waals surface area contributed by atoms with E-state index in [-0.39, 0.29) is 0 Å². The zero-order chi connectivity index (χ0) is 7.40. The molecule has 1 fully saturated rings. The quantitative estimate of drug-likeness (QED) is 0.582. The van der Waals surface area contributed by atoms with Crippen LogP contribution < -0.4 is 5.73 Å². The maximum atomic E-state index is 8.28. The van der Waals surface area contributed by atoms with Crippen molar-refractivity contribution in [3.63, 3.8) is 0 Å². The fourth-order valence-corrected chi connectivity index (χ4v) is 1.27. The van der Waals surface area contributed by atoms with Crippen LogP contribution in [0.4, 0.5) is 0 Å². The van der Waals surface area contributed by atoms with Crippen LogP contribution in [-0.4, -0.2) is 30.6 Å². The van der Waals surface area contributed by atoms with Crippen LogP contribution in [0.3, 0.4) is 0 Å². The fourth-order valence-electron chi connectivity index (χ4n) is 1.27. The topological polar surface area (TPSA) is 53.0 Å². The summed E-state index contributed by atoms with van der Waals surface area (Å²) in [5.41, 5.74) is 5.67. The van der Waals surface area contributed by atoms with Gasteiger partial charge in [-0.3, -0.25) is 0 Å². The Morgan fingerprint density at radius 1 is 1.70 bits per heavy atom. The molecule has 0 aliphatic carbocycles. The average Bonchev–Trinajstić information content (AvgIpc) is 2.31. The monoisotopic (exact) mass is 139 g/mol. The summed E-state index contributed by atoms with van der Waals surface area (Å²) in [6.45, 7) is 2.94. The van der Waals surface area contributed by atoms with Crippen molar-refractivity contribution < 1.29 is 0 Å². The van der Waals surface area contributed by atoms with Crippen molar-refractivity contribution in [2.75, 3.05) is 19.6 Å². The molecule has 3 nitrogen and oxygen atoms in total. The Morgan fingerprint density at radius 2 is 2.50 bits per heavy atom. The van der Waals surface area contributed by atoms with Crippen LogP contribution in [0.2, 0.25) is 0 Å². The van der Waals surface area contributed by atoms with Gasteiger partial charge in [-0.1, -0.05) is 0 Å². The van der Waals surface area contributed by atoms with Gasteiger partial charge in [0, 0.05) is 25.6 Å². The van der Waals surface area contributed by atoms with E-state index in [1.54, 1.807) is 0 Å². The van der Waals surface area contributed by atoms with Crippen LogP contribution in [0.15, 0.2) is 0 Å². The molecule has 3 heteroatoms. The van der Waals surface area contributed by atoms with Gasteiger partial charge in [0.15, 0.2) is 0 Å². The third kappa shape index (κ3) is 1.98. The van der Waals surface area contributed by atoms with Crippen LogP contribution in [0, 0.1) is 11.3 Å². The lowest BCUT2D eigenvalue weighted by molar-refractivity contribution is 0.343. The normalized spacial score (nSPS) is 26.6. The summed E-state index contributed by atoms with van der Waals surface area (Å²) in [7, 11) is 0. The summed E-state index contributed by atoms with van der Waals surface area (Å²) in [6, 6.07) is 2.47. The minimum Gasteiger partial charge on any atom is -0.326 e. The number of likely N-dealkylation sites (tertiary alicyclic amines) is 1. The van der Waals surface area contributed by atoms with Gasteiger partial charge in [-0.2, -0.15) is 5.26 Å². The molecule has 1 heterocycles.